The van der Waals surface area contributed by atoms with Crippen LogP contribution in [0.5, 0.6) is 5.75 Å². The Labute approximate surface area is 142 Å². The second-order valence-corrected chi connectivity index (χ2v) is 4.85. The highest BCUT2D eigenvalue weighted by atomic mass is 16.5. The summed E-state index contributed by atoms with van der Waals surface area (Å²) in [5.41, 5.74) is 3.66. The van der Waals surface area contributed by atoms with E-state index < -0.39 is 0 Å². The van der Waals surface area contributed by atoms with Crippen LogP contribution in [0.15, 0.2) is 52.5 Å². The molecule has 0 aliphatic heterocycles. The summed E-state index contributed by atoms with van der Waals surface area (Å²) >= 11 is 0. The number of nitrogens with one attached hydrogen (secondary N) is 1. The fraction of sp³-hybridized carbons (Fsp3) is 0.125. The predicted molar refractivity (Wildman–Crippen MR) is 87.8 cm³/mol. The molecular weight excluding hydrogens is 324 g/mol. The molecule has 0 aliphatic rings. The lowest BCUT2D eigenvalue weighted by Crippen LogP contribution is -2.19. The van der Waals surface area contributed by atoms with Crippen LogP contribution in [0.1, 0.15) is 11.5 Å². The van der Waals surface area contributed by atoms with E-state index >= 15 is 0 Å². The van der Waals surface area contributed by atoms with Crippen LogP contribution in [0.2, 0.25) is 0 Å². The monoisotopic (exact) mass is 338 g/mol. The first-order chi connectivity index (χ1) is 12.2. The maximum Gasteiger partial charge on any atom is 0.249 e. The Morgan fingerprint density at radius 3 is 3.12 bits per heavy atom. The third-order valence-electron chi connectivity index (χ3n) is 3.07. The molecule has 9 heteroatoms. The summed E-state index contributed by atoms with van der Waals surface area (Å²) in [5.74, 6) is 0.761. The minimum atomic E-state index is -0.381. The van der Waals surface area contributed by atoms with E-state index in [1.807, 2.05) is 18.2 Å². The molecule has 0 aliphatic carbocycles. The fourth-order valence-electron chi connectivity index (χ4n) is 1.92. The van der Waals surface area contributed by atoms with Crippen molar-refractivity contribution >= 4 is 12.1 Å². The van der Waals surface area contributed by atoms with Crippen molar-refractivity contribution in [1.29, 1.82) is 0 Å². The van der Waals surface area contributed by atoms with Gasteiger partial charge in [-0.1, -0.05) is 17.3 Å². The predicted octanol–water partition coefficient (Wildman–Crippen LogP) is 1.23. The van der Waals surface area contributed by atoms with E-state index in [4.69, 9.17) is 9.26 Å². The minimum absolute atomic E-state index is 0.0945. The molecule has 3 aromatic rings. The Bertz CT molecular complexity index is 878. The van der Waals surface area contributed by atoms with Gasteiger partial charge >= 0.3 is 0 Å². The molecule has 0 saturated heterocycles. The van der Waals surface area contributed by atoms with Gasteiger partial charge in [-0.25, -0.2) is 10.4 Å². The number of carbonyl (C=O) groups is 1. The summed E-state index contributed by atoms with van der Waals surface area (Å²) in [6.45, 7) is 0. The van der Waals surface area contributed by atoms with Gasteiger partial charge in [-0.05, 0) is 17.7 Å². The van der Waals surface area contributed by atoms with E-state index in [2.05, 4.69) is 30.6 Å². The van der Waals surface area contributed by atoms with Crippen LogP contribution in [-0.4, -0.2) is 39.3 Å². The van der Waals surface area contributed by atoms with Crippen molar-refractivity contribution in [3.8, 4) is 17.3 Å². The molecule has 126 valence electrons. The van der Waals surface area contributed by atoms with E-state index in [1.165, 1.54) is 24.8 Å². The van der Waals surface area contributed by atoms with E-state index in [-0.39, 0.29) is 24.0 Å². The summed E-state index contributed by atoms with van der Waals surface area (Å²) in [4.78, 5) is 23.9. The van der Waals surface area contributed by atoms with Crippen LogP contribution in [0, 0.1) is 0 Å². The standard InChI is InChI=1S/C16H14N6O3/c1-24-12-4-2-3-11(7-12)9-19-21-14(23)8-15-20-16(22-25-15)13-10-17-5-6-18-13/h2-7,9-10H,8H2,1H3,(H,21,23)/b19-9-. The van der Waals surface area contributed by atoms with Crippen molar-refractivity contribution in [3.05, 3.63) is 54.3 Å². The molecule has 0 spiro atoms. The number of ether oxygens (including phenoxy) is 1. The van der Waals surface area contributed by atoms with Gasteiger partial charge in [0, 0.05) is 12.4 Å². The summed E-state index contributed by atoms with van der Waals surface area (Å²) in [6.07, 6.45) is 5.98. The zero-order chi connectivity index (χ0) is 17.5. The second kappa shape index (κ2) is 7.77. The minimum Gasteiger partial charge on any atom is -0.497 e. The number of hydrazone groups is 1. The second-order valence-electron chi connectivity index (χ2n) is 4.85. The summed E-state index contributed by atoms with van der Waals surface area (Å²) in [5, 5.41) is 7.65. The molecule has 2 heterocycles. The highest BCUT2D eigenvalue weighted by Gasteiger charge is 2.13. The summed E-state index contributed by atoms with van der Waals surface area (Å²) < 4.78 is 10.1. The Morgan fingerprint density at radius 1 is 1.40 bits per heavy atom. The Kier molecular flexibility index (Phi) is 5.05. The van der Waals surface area contributed by atoms with Gasteiger partial charge in [-0.2, -0.15) is 10.1 Å². The van der Waals surface area contributed by atoms with Crippen LogP contribution < -0.4 is 10.2 Å². The van der Waals surface area contributed by atoms with E-state index in [1.54, 1.807) is 13.2 Å². The molecule has 0 unspecified atom stereocenters. The number of hydrogen-bond acceptors (Lipinski definition) is 8. The van der Waals surface area contributed by atoms with Gasteiger partial charge in [-0.3, -0.25) is 9.78 Å². The quantitative estimate of drug-likeness (QED) is 0.531. The maximum absolute atomic E-state index is 11.9. The van der Waals surface area contributed by atoms with E-state index in [0.717, 1.165) is 5.56 Å². The first kappa shape index (κ1) is 16.2. The normalized spacial score (nSPS) is 10.8. The van der Waals surface area contributed by atoms with Crippen molar-refractivity contribution in [2.24, 2.45) is 5.10 Å². The highest BCUT2D eigenvalue weighted by Crippen LogP contribution is 2.11. The smallest absolute Gasteiger partial charge is 0.249 e. The first-order valence-corrected chi connectivity index (χ1v) is 7.29. The zero-order valence-corrected chi connectivity index (χ0v) is 13.3. The van der Waals surface area contributed by atoms with Crippen LogP contribution >= 0.6 is 0 Å². The highest BCUT2D eigenvalue weighted by molar-refractivity contribution is 5.83. The number of amides is 1. The number of aromatic nitrogens is 4. The molecule has 1 aromatic carbocycles. The van der Waals surface area contributed by atoms with Crippen molar-refractivity contribution in [3.63, 3.8) is 0 Å². The van der Waals surface area contributed by atoms with Crippen molar-refractivity contribution < 1.29 is 14.1 Å². The number of benzene rings is 1. The third kappa shape index (κ3) is 4.44. The SMILES string of the molecule is COc1cccc(/C=N\NC(=O)Cc2nc(-c3cnccn3)no2)c1. The molecule has 2 aromatic heterocycles. The van der Waals surface area contributed by atoms with Crippen LogP contribution in [-0.2, 0) is 11.2 Å². The number of rotatable bonds is 6. The van der Waals surface area contributed by atoms with Crippen LogP contribution in [0.25, 0.3) is 11.5 Å². The molecule has 0 bridgehead atoms. The van der Waals surface area contributed by atoms with Gasteiger partial charge in [0.15, 0.2) is 0 Å². The van der Waals surface area contributed by atoms with E-state index in [9.17, 15) is 4.79 Å². The molecule has 1 amide bonds. The molecule has 9 nitrogen and oxygen atoms in total. The van der Waals surface area contributed by atoms with Gasteiger partial charge < -0.3 is 9.26 Å². The third-order valence-corrected chi connectivity index (χ3v) is 3.07. The van der Waals surface area contributed by atoms with Gasteiger partial charge in [0.2, 0.25) is 17.6 Å². The largest absolute Gasteiger partial charge is 0.497 e. The van der Waals surface area contributed by atoms with Crippen molar-refractivity contribution in [2.75, 3.05) is 7.11 Å². The van der Waals surface area contributed by atoms with Crippen LogP contribution in [0.4, 0.5) is 0 Å². The summed E-state index contributed by atoms with van der Waals surface area (Å²) in [6, 6.07) is 7.28. The van der Waals surface area contributed by atoms with Crippen molar-refractivity contribution in [1.82, 2.24) is 25.5 Å². The Balaban J connectivity index is 1.56. The molecule has 0 radical (unpaired) electrons. The number of carbonyl (C=O) groups excluding carboxylic acids is 1. The lowest BCUT2D eigenvalue weighted by atomic mass is 10.2. The van der Waals surface area contributed by atoms with Gasteiger partial charge in [0.1, 0.15) is 17.9 Å². The molecule has 25 heavy (non-hydrogen) atoms. The molecule has 0 atom stereocenters. The molecule has 3 rings (SSSR count). The Morgan fingerprint density at radius 2 is 2.32 bits per heavy atom. The molecule has 1 N–H and O–H groups in total. The van der Waals surface area contributed by atoms with E-state index in [0.29, 0.717) is 11.4 Å². The molecule has 0 saturated carbocycles. The molecule has 0 fully saturated rings. The first-order valence-electron chi connectivity index (χ1n) is 7.29. The van der Waals surface area contributed by atoms with Crippen LogP contribution in [0.3, 0.4) is 0 Å². The number of nitrogens with zero attached hydrogens (tertiary/aromatic N) is 5. The number of hydrogen-bond donors (Lipinski definition) is 1. The lowest BCUT2D eigenvalue weighted by molar-refractivity contribution is -0.120. The summed E-state index contributed by atoms with van der Waals surface area (Å²) in [7, 11) is 1.58. The van der Waals surface area contributed by atoms with Gasteiger partial charge in [-0.15, -0.1) is 0 Å². The number of methoxy groups -OCH3 is 1. The Hall–Kier alpha value is -3.62. The average molecular weight is 338 g/mol. The molecular formula is C16H14N6O3. The van der Waals surface area contributed by atoms with Gasteiger partial charge in [0.25, 0.3) is 0 Å². The zero-order valence-electron chi connectivity index (χ0n) is 13.3. The average Bonchev–Trinajstić information content (AvgIpc) is 3.11. The maximum atomic E-state index is 11.9. The topological polar surface area (TPSA) is 115 Å². The van der Waals surface area contributed by atoms with Gasteiger partial charge in [0.05, 0.1) is 19.5 Å². The van der Waals surface area contributed by atoms with Crippen molar-refractivity contribution in [2.45, 2.75) is 6.42 Å². The lowest BCUT2D eigenvalue weighted by Gasteiger charge is -2.00. The fourth-order valence-corrected chi connectivity index (χ4v) is 1.92.